The van der Waals surface area contributed by atoms with Gasteiger partial charge < -0.3 is 4.74 Å². The van der Waals surface area contributed by atoms with E-state index in [1.165, 1.54) is 38.2 Å². The molecule has 2 atom stereocenters. The molecule has 0 saturated carbocycles. The lowest BCUT2D eigenvalue weighted by Crippen LogP contribution is -2.56. The summed E-state index contributed by atoms with van der Waals surface area (Å²) in [6.45, 7) is 10.4. The molecular formula is C51H59OP3. The average molecular weight is 781 g/mol. The molecule has 0 spiro atoms. The van der Waals surface area contributed by atoms with E-state index in [4.69, 9.17) is 4.74 Å². The van der Waals surface area contributed by atoms with E-state index in [0.29, 0.717) is 5.92 Å². The Labute approximate surface area is 336 Å². The van der Waals surface area contributed by atoms with Gasteiger partial charge in [-0.1, -0.05) is 216 Å². The second kappa shape index (κ2) is 20.7. The van der Waals surface area contributed by atoms with Crippen LogP contribution in [-0.4, -0.2) is 30.7 Å². The first-order valence-corrected chi connectivity index (χ1v) is 24.8. The Morgan fingerprint density at radius 2 is 0.727 bits per heavy atom. The average Bonchev–Trinajstić information content (AvgIpc) is 3.25. The molecule has 0 radical (unpaired) electrons. The van der Waals surface area contributed by atoms with Gasteiger partial charge in [0.15, 0.2) is 0 Å². The SMILES string of the molecule is CCCC(C)(OCCC(C)CC)C(CP(c1ccccc1)c1ccccc1)(CP(c1ccccc1)c1ccccc1)CP(c1ccccc1)c1ccccc1. The Morgan fingerprint density at radius 1 is 0.455 bits per heavy atom. The Hall–Kier alpha value is -3.43. The van der Waals surface area contributed by atoms with E-state index in [-0.39, 0.29) is 11.0 Å². The molecule has 6 rings (SSSR count). The standard InChI is InChI=1S/C51H59OP3/c1-5-38-50(4,52-39-37-43(3)6-2)51(40-53(44-25-13-7-14-26-44)45-27-15-8-16-28-45,41-54(46-29-17-9-18-30-46)47-31-19-10-20-32-47)42-55(48-33-21-11-22-34-48)49-35-23-12-24-36-49/h7-36,43H,5-6,37-42H2,1-4H3. The first-order chi connectivity index (χ1) is 26.9. The third-order valence-corrected chi connectivity index (χ3v) is 19.7. The number of hydrogen-bond acceptors (Lipinski definition) is 1. The van der Waals surface area contributed by atoms with Crippen molar-refractivity contribution in [3.63, 3.8) is 0 Å². The molecule has 0 bridgehead atoms. The molecule has 0 saturated heterocycles. The van der Waals surface area contributed by atoms with Gasteiger partial charge in [-0.15, -0.1) is 0 Å². The molecule has 0 heterocycles. The third-order valence-electron chi connectivity index (χ3n) is 11.4. The topological polar surface area (TPSA) is 9.23 Å². The summed E-state index contributed by atoms with van der Waals surface area (Å²) in [5.41, 5.74) is -0.585. The van der Waals surface area contributed by atoms with Crippen molar-refractivity contribution in [3.8, 4) is 0 Å². The van der Waals surface area contributed by atoms with Crippen LogP contribution in [0.1, 0.15) is 53.4 Å². The molecule has 284 valence electrons. The Kier molecular flexibility index (Phi) is 15.5. The van der Waals surface area contributed by atoms with Gasteiger partial charge in [0, 0.05) is 12.0 Å². The molecule has 0 amide bonds. The summed E-state index contributed by atoms with van der Waals surface area (Å²) >= 11 is 0. The van der Waals surface area contributed by atoms with E-state index < -0.39 is 23.8 Å². The number of rotatable bonds is 20. The van der Waals surface area contributed by atoms with E-state index in [9.17, 15) is 0 Å². The van der Waals surface area contributed by atoms with E-state index in [0.717, 1.165) is 44.4 Å². The molecule has 55 heavy (non-hydrogen) atoms. The quantitative estimate of drug-likeness (QED) is 0.0701. The van der Waals surface area contributed by atoms with Crippen molar-refractivity contribution in [2.24, 2.45) is 11.3 Å². The maximum atomic E-state index is 7.66. The maximum Gasteiger partial charge on any atom is 0.0721 e. The van der Waals surface area contributed by atoms with Gasteiger partial charge >= 0.3 is 0 Å². The van der Waals surface area contributed by atoms with Gasteiger partial charge in [0.25, 0.3) is 0 Å². The third kappa shape index (κ3) is 10.7. The molecule has 0 N–H and O–H groups in total. The molecule has 6 aromatic rings. The van der Waals surface area contributed by atoms with Crippen LogP contribution >= 0.6 is 23.8 Å². The van der Waals surface area contributed by atoms with Crippen LogP contribution in [0.2, 0.25) is 0 Å². The van der Waals surface area contributed by atoms with Gasteiger partial charge in [-0.3, -0.25) is 0 Å². The van der Waals surface area contributed by atoms with E-state index >= 15 is 0 Å². The molecular weight excluding hydrogens is 721 g/mol. The van der Waals surface area contributed by atoms with Gasteiger partial charge in [0.05, 0.1) is 5.60 Å². The summed E-state index contributed by atoms with van der Waals surface area (Å²) in [6.07, 6.45) is 7.48. The smallest absolute Gasteiger partial charge is 0.0721 e. The minimum absolute atomic E-state index is 0.204. The van der Waals surface area contributed by atoms with Crippen LogP contribution < -0.4 is 31.8 Å². The first kappa shape index (κ1) is 41.2. The molecule has 2 unspecified atom stereocenters. The van der Waals surface area contributed by atoms with Gasteiger partial charge in [-0.05, 0) is 99.8 Å². The van der Waals surface area contributed by atoms with Crippen LogP contribution in [0.4, 0.5) is 0 Å². The molecule has 0 aliphatic heterocycles. The van der Waals surface area contributed by atoms with E-state index in [2.05, 4.69) is 210 Å². The molecule has 0 aromatic heterocycles. The van der Waals surface area contributed by atoms with Crippen LogP contribution in [0.15, 0.2) is 182 Å². The monoisotopic (exact) mass is 780 g/mol. The predicted octanol–water partition coefficient (Wildman–Crippen LogP) is 11.4. The zero-order valence-corrected chi connectivity index (χ0v) is 36.0. The van der Waals surface area contributed by atoms with Crippen molar-refractivity contribution >= 4 is 55.6 Å². The lowest BCUT2D eigenvalue weighted by Gasteiger charge is -2.53. The van der Waals surface area contributed by atoms with Crippen molar-refractivity contribution in [2.45, 2.75) is 59.0 Å². The van der Waals surface area contributed by atoms with Crippen LogP contribution in [0, 0.1) is 11.3 Å². The number of ether oxygens (including phenoxy) is 1. The normalized spacial score (nSPS) is 13.6. The Bertz CT molecular complexity index is 1620. The highest BCUT2D eigenvalue weighted by molar-refractivity contribution is 7.75. The van der Waals surface area contributed by atoms with Crippen LogP contribution in [0.5, 0.6) is 0 Å². The van der Waals surface area contributed by atoms with Gasteiger partial charge in [-0.25, -0.2) is 0 Å². The summed E-state index contributed by atoms with van der Waals surface area (Å²) in [5.74, 6) is 0.627. The van der Waals surface area contributed by atoms with Gasteiger partial charge in [-0.2, -0.15) is 0 Å². The van der Waals surface area contributed by atoms with Crippen molar-refractivity contribution in [1.82, 2.24) is 0 Å². The fourth-order valence-corrected chi connectivity index (χ4v) is 17.1. The molecule has 0 aliphatic rings. The molecule has 1 nitrogen and oxygen atoms in total. The lowest BCUT2D eigenvalue weighted by molar-refractivity contribution is -0.107. The summed E-state index contributed by atoms with van der Waals surface area (Å²) < 4.78 is 7.66. The summed E-state index contributed by atoms with van der Waals surface area (Å²) in [4.78, 5) is 0. The zero-order valence-electron chi connectivity index (χ0n) is 33.3. The van der Waals surface area contributed by atoms with E-state index in [1.54, 1.807) is 0 Å². The fraction of sp³-hybridized carbons (Fsp3) is 0.294. The predicted molar refractivity (Wildman–Crippen MR) is 248 cm³/mol. The lowest BCUT2D eigenvalue weighted by atomic mass is 9.74. The summed E-state index contributed by atoms with van der Waals surface area (Å²) in [7, 11) is -2.22. The van der Waals surface area contributed by atoms with Crippen molar-refractivity contribution in [1.29, 1.82) is 0 Å². The Morgan fingerprint density at radius 3 is 0.964 bits per heavy atom. The number of hydrogen-bond donors (Lipinski definition) is 0. The number of benzene rings is 6. The van der Waals surface area contributed by atoms with Gasteiger partial charge in [0.2, 0.25) is 0 Å². The molecule has 0 aliphatic carbocycles. The van der Waals surface area contributed by atoms with Crippen LogP contribution in [0.3, 0.4) is 0 Å². The minimum Gasteiger partial charge on any atom is -0.375 e. The first-order valence-electron chi connectivity index (χ1n) is 20.2. The van der Waals surface area contributed by atoms with Gasteiger partial charge in [0.1, 0.15) is 0 Å². The summed E-state index contributed by atoms with van der Waals surface area (Å²) in [6, 6.07) is 68.6. The molecule has 0 fully saturated rings. The highest BCUT2D eigenvalue weighted by Gasteiger charge is 2.52. The van der Waals surface area contributed by atoms with Crippen LogP contribution in [-0.2, 0) is 4.74 Å². The maximum absolute atomic E-state index is 7.66. The molecule has 6 aromatic carbocycles. The Balaban J connectivity index is 1.65. The minimum atomic E-state index is -0.740. The fourth-order valence-electron chi connectivity index (χ4n) is 7.86. The second-order valence-electron chi connectivity index (χ2n) is 15.2. The van der Waals surface area contributed by atoms with Crippen molar-refractivity contribution < 1.29 is 4.74 Å². The summed E-state index contributed by atoms with van der Waals surface area (Å²) in [5, 5.41) is 8.66. The second-order valence-corrected chi connectivity index (χ2v) is 21.8. The largest absolute Gasteiger partial charge is 0.375 e. The van der Waals surface area contributed by atoms with Crippen LogP contribution in [0.25, 0.3) is 0 Å². The van der Waals surface area contributed by atoms with Crippen molar-refractivity contribution in [2.75, 3.05) is 25.1 Å². The van der Waals surface area contributed by atoms with Crippen molar-refractivity contribution in [3.05, 3.63) is 182 Å². The highest BCUT2D eigenvalue weighted by atomic mass is 31.1. The molecule has 4 heteroatoms. The zero-order chi connectivity index (χ0) is 38.4. The highest BCUT2D eigenvalue weighted by Crippen LogP contribution is 2.58. The van der Waals surface area contributed by atoms with E-state index in [1.807, 2.05) is 0 Å².